The van der Waals surface area contributed by atoms with Gasteiger partial charge in [-0.05, 0) is 46.2 Å². The van der Waals surface area contributed by atoms with Gasteiger partial charge in [-0.3, -0.25) is 0 Å². The first kappa shape index (κ1) is 16.0. The van der Waals surface area contributed by atoms with Crippen molar-refractivity contribution in [3.05, 3.63) is 34.6 Å². The standard InChI is InChI=1S/C16H21N3O3/c1-9(2)21-16(20)17-8-13-12(5)19-22-15(13)14-7-6-10(3)11(4)18-14/h6-7,9H,8H2,1-5H3,(H,17,20). The molecule has 0 fully saturated rings. The lowest BCUT2D eigenvalue weighted by molar-refractivity contribution is 0.115. The van der Waals surface area contributed by atoms with E-state index in [0.29, 0.717) is 11.5 Å². The summed E-state index contributed by atoms with van der Waals surface area (Å²) in [5.41, 5.74) is 4.28. The van der Waals surface area contributed by atoms with Crippen LogP contribution in [-0.2, 0) is 11.3 Å². The molecule has 0 unspecified atom stereocenters. The van der Waals surface area contributed by atoms with Gasteiger partial charge < -0.3 is 14.6 Å². The zero-order valence-corrected chi connectivity index (χ0v) is 13.6. The van der Waals surface area contributed by atoms with Crippen LogP contribution in [0.25, 0.3) is 11.5 Å². The van der Waals surface area contributed by atoms with Gasteiger partial charge in [0.1, 0.15) is 5.69 Å². The maximum Gasteiger partial charge on any atom is 0.407 e. The number of carbonyl (C=O) groups excluding carboxylic acids is 1. The van der Waals surface area contributed by atoms with Crippen LogP contribution in [0.3, 0.4) is 0 Å². The molecule has 0 radical (unpaired) electrons. The lowest BCUT2D eigenvalue weighted by Crippen LogP contribution is -2.26. The molecule has 22 heavy (non-hydrogen) atoms. The van der Waals surface area contributed by atoms with Crippen LogP contribution in [0.1, 0.15) is 36.4 Å². The number of nitrogens with zero attached hydrogens (tertiary/aromatic N) is 2. The predicted octanol–water partition coefficient (Wildman–Crippen LogP) is 3.30. The Kier molecular flexibility index (Phi) is 4.80. The van der Waals surface area contributed by atoms with Crippen LogP contribution in [-0.4, -0.2) is 22.3 Å². The number of nitrogens with one attached hydrogen (secondary N) is 1. The van der Waals surface area contributed by atoms with Crippen LogP contribution in [0.5, 0.6) is 0 Å². The van der Waals surface area contributed by atoms with Gasteiger partial charge in [0.05, 0.1) is 18.3 Å². The number of amides is 1. The molecule has 0 saturated carbocycles. The van der Waals surface area contributed by atoms with Crippen molar-refractivity contribution >= 4 is 6.09 Å². The first-order valence-corrected chi connectivity index (χ1v) is 7.22. The third kappa shape index (κ3) is 3.63. The summed E-state index contributed by atoms with van der Waals surface area (Å²) >= 11 is 0. The van der Waals surface area contributed by atoms with Crippen LogP contribution >= 0.6 is 0 Å². The van der Waals surface area contributed by atoms with E-state index < -0.39 is 6.09 Å². The third-order valence-corrected chi connectivity index (χ3v) is 3.32. The average Bonchev–Trinajstić information content (AvgIpc) is 2.80. The van der Waals surface area contributed by atoms with Crippen molar-refractivity contribution in [2.45, 2.75) is 47.3 Å². The van der Waals surface area contributed by atoms with Crippen molar-refractivity contribution in [1.82, 2.24) is 15.5 Å². The predicted molar refractivity (Wildman–Crippen MR) is 82.4 cm³/mol. The van der Waals surface area contributed by atoms with Crippen molar-refractivity contribution in [2.75, 3.05) is 0 Å². The molecule has 0 aliphatic heterocycles. The number of pyridine rings is 1. The fourth-order valence-electron chi connectivity index (χ4n) is 1.97. The first-order chi connectivity index (χ1) is 10.4. The van der Waals surface area contributed by atoms with Gasteiger partial charge >= 0.3 is 6.09 Å². The van der Waals surface area contributed by atoms with E-state index in [-0.39, 0.29) is 12.6 Å². The molecule has 6 heteroatoms. The molecule has 0 aliphatic rings. The Hall–Kier alpha value is -2.37. The number of hydrogen-bond donors (Lipinski definition) is 1. The smallest absolute Gasteiger partial charge is 0.407 e. The number of rotatable bonds is 4. The maximum absolute atomic E-state index is 11.6. The highest BCUT2D eigenvalue weighted by Gasteiger charge is 2.17. The Morgan fingerprint density at radius 1 is 1.27 bits per heavy atom. The Balaban J connectivity index is 2.20. The molecule has 0 atom stereocenters. The van der Waals surface area contributed by atoms with E-state index >= 15 is 0 Å². The minimum absolute atomic E-state index is 0.163. The number of ether oxygens (including phenoxy) is 1. The minimum Gasteiger partial charge on any atom is -0.447 e. The molecule has 2 heterocycles. The Bertz CT molecular complexity index is 677. The van der Waals surface area contributed by atoms with E-state index in [9.17, 15) is 4.79 Å². The van der Waals surface area contributed by atoms with Crippen molar-refractivity contribution in [2.24, 2.45) is 0 Å². The normalized spacial score (nSPS) is 10.8. The molecule has 0 bridgehead atoms. The van der Waals surface area contributed by atoms with Crippen molar-refractivity contribution in [1.29, 1.82) is 0 Å². The maximum atomic E-state index is 11.6. The topological polar surface area (TPSA) is 77.2 Å². The fraction of sp³-hybridized carbons (Fsp3) is 0.438. The quantitative estimate of drug-likeness (QED) is 0.937. The van der Waals surface area contributed by atoms with Crippen molar-refractivity contribution < 1.29 is 14.1 Å². The van der Waals surface area contributed by atoms with E-state index in [1.165, 1.54) is 0 Å². The van der Waals surface area contributed by atoms with E-state index in [4.69, 9.17) is 9.26 Å². The fourth-order valence-corrected chi connectivity index (χ4v) is 1.97. The van der Waals surface area contributed by atoms with Crippen LogP contribution < -0.4 is 5.32 Å². The lowest BCUT2D eigenvalue weighted by Gasteiger charge is -2.09. The summed E-state index contributed by atoms with van der Waals surface area (Å²) < 4.78 is 10.4. The molecule has 0 saturated heterocycles. The summed E-state index contributed by atoms with van der Waals surface area (Å²) in [5.74, 6) is 0.574. The van der Waals surface area contributed by atoms with Gasteiger partial charge in [-0.15, -0.1) is 0 Å². The van der Waals surface area contributed by atoms with Gasteiger partial charge in [0.15, 0.2) is 5.76 Å². The number of alkyl carbamates (subject to hydrolysis) is 1. The minimum atomic E-state index is -0.463. The van der Waals surface area contributed by atoms with Gasteiger partial charge in [0.25, 0.3) is 0 Å². The van der Waals surface area contributed by atoms with Gasteiger partial charge in [0, 0.05) is 11.3 Å². The van der Waals surface area contributed by atoms with Crippen molar-refractivity contribution in [3.8, 4) is 11.5 Å². The molecular weight excluding hydrogens is 282 g/mol. The van der Waals surface area contributed by atoms with Gasteiger partial charge in [-0.2, -0.15) is 0 Å². The van der Waals surface area contributed by atoms with E-state index in [1.54, 1.807) is 13.8 Å². The second-order valence-electron chi connectivity index (χ2n) is 5.48. The highest BCUT2D eigenvalue weighted by molar-refractivity contribution is 5.68. The summed E-state index contributed by atoms with van der Waals surface area (Å²) in [6, 6.07) is 3.87. The van der Waals surface area contributed by atoms with Crippen LogP contribution in [0, 0.1) is 20.8 Å². The van der Waals surface area contributed by atoms with Crippen LogP contribution in [0.4, 0.5) is 4.79 Å². The Labute approximate surface area is 129 Å². The first-order valence-electron chi connectivity index (χ1n) is 7.22. The molecule has 1 amide bonds. The van der Waals surface area contributed by atoms with Gasteiger partial charge in [0.2, 0.25) is 0 Å². The molecule has 1 N–H and O–H groups in total. The highest BCUT2D eigenvalue weighted by Crippen LogP contribution is 2.25. The molecular formula is C16H21N3O3. The SMILES string of the molecule is Cc1ccc(-c2onc(C)c2CNC(=O)OC(C)C)nc1C. The Morgan fingerprint density at radius 2 is 2.00 bits per heavy atom. The third-order valence-electron chi connectivity index (χ3n) is 3.32. The second-order valence-corrected chi connectivity index (χ2v) is 5.48. The zero-order valence-electron chi connectivity index (χ0n) is 13.6. The van der Waals surface area contributed by atoms with E-state index in [2.05, 4.69) is 15.5 Å². The van der Waals surface area contributed by atoms with E-state index in [0.717, 1.165) is 22.5 Å². The average molecular weight is 303 g/mol. The van der Waals surface area contributed by atoms with Crippen molar-refractivity contribution in [3.63, 3.8) is 0 Å². The van der Waals surface area contributed by atoms with E-state index in [1.807, 2.05) is 32.9 Å². The second kappa shape index (κ2) is 6.60. The zero-order chi connectivity index (χ0) is 16.3. The summed E-state index contributed by atoms with van der Waals surface area (Å²) in [5, 5.41) is 6.68. The van der Waals surface area contributed by atoms with Gasteiger partial charge in [-0.25, -0.2) is 9.78 Å². The molecule has 6 nitrogen and oxygen atoms in total. The highest BCUT2D eigenvalue weighted by atomic mass is 16.6. The molecule has 2 rings (SSSR count). The number of aryl methyl sites for hydroxylation is 3. The number of hydrogen-bond acceptors (Lipinski definition) is 5. The molecule has 0 aromatic carbocycles. The number of carbonyl (C=O) groups is 1. The summed E-state index contributed by atoms with van der Waals surface area (Å²) in [6.07, 6.45) is -0.626. The molecule has 0 spiro atoms. The van der Waals surface area contributed by atoms with Crippen LogP contribution in [0.15, 0.2) is 16.7 Å². The Morgan fingerprint density at radius 3 is 2.64 bits per heavy atom. The molecule has 2 aromatic rings. The largest absolute Gasteiger partial charge is 0.447 e. The summed E-state index contributed by atoms with van der Waals surface area (Å²) in [6.45, 7) is 9.66. The molecule has 118 valence electrons. The van der Waals surface area contributed by atoms with Crippen LogP contribution in [0.2, 0.25) is 0 Å². The molecule has 2 aromatic heterocycles. The summed E-state index contributed by atoms with van der Waals surface area (Å²) in [4.78, 5) is 16.1. The monoisotopic (exact) mass is 303 g/mol. The summed E-state index contributed by atoms with van der Waals surface area (Å²) in [7, 11) is 0. The number of aromatic nitrogens is 2. The lowest BCUT2D eigenvalue weighted by atomic mass is 10.1. The van der Waals surface area contributed by atoms with Gasteiger partial charge in [-0.1, -0.05) is 11.2 Å². The molecule has 0 aliphatic carbocycles.